The van der Waals surface area contributed by atoms with Gasteiger partial charge in [-0.25, -0.2) is 4.79 Å². The number of esters is 1. The van der Waals surface area contributed by atoms with E-state index in [1.54, 1.807) is 6.92 Å². The summed E-state index contributed by atoms with van der Waals surface area (Å²) < 4.78 is 6.27. The van der Waals surface area contributed by atoms with Crippen LogP contribution in [-0.4, -0.2) is 52.1 Å². The summed E-state index contributed by atoms with van der Waals surface area (Å²) in [6.45, 7) is 6.35. The first kappa shape index (κ1) is 15.9. The van der Waals surface area contributed by atoms with Crippen molar-refractivity contribution in [3.8, 4) is 0 Å². The van der Waals surface area contributed by atoms with Gasteiger partial charge in [0.05, 0.1) is 0 Å². The van der Waals surface area contributed by atoms with Gasteiger partial charge in [-0.1, -0.05) is 6.58 Å². The number of ether oxygens (including phenoxy) is 1. The summed E-state index contributed by atoms with van der Waals surface area (Å²) in [5.74, 6) is -1.16. The monoisotopic (exact) mass is 208 g/mol. The normalized spacial score (nSPS) is 9.64. The van der Waals surface area contributed by atoms with E-state index in [0.29, 0.717) is 5.57 Å². The zero-order valence-corrected chi connectivity index (χ0v) is 11.0. The van der Waals surface area contributed by atoms with Crippen LogP contribution in [0.2, 0.25) is 0 Å². The number of carbonyl (C=O) groups excluding carboxylic acids is 1. The summed E-state index contributed by atoms with van der Waals surface area (Å²) in [6.07, 6.45) is 0. The van der Waals surface area contributed by atoms with E-state index in [4.69, 9.17) is 5.11 Å². The minimum absolute atomic E-state index is 0.176. The molecule has 0 aliphatic carbocycles. The number of rotatable bonds is 2. The Morgan fingerprint density at radius 3 is 1.86 bits per heavy atom. The van der Waals surface area contributed by atoms with Crippen LogP contribution < -0.4 is 0 Å². The molecule has 4 nitrogen and oxygen atoms in total. The summed E-state index contributed by atoms with van der Waals surface area (Å²) in [4.78, 5) is 20.1. The van der Waals surface area contributed by atoms with Crippen LogP contribution in [0.15, 0.2) is 21.1 Å². The molecule has 14 heavy (non-hydrogen) atoms. The molecule has 0 aromatic carbocycles. The van der Waals surface area contributed by atoms with Gasteiger partial charge >= 0.3 is 72.3 Å². The van der Waals surface area contributed by atoms with Crippen molar-refractivity contribution in [2.24, 2.45) is 0 Å². The molecule has 0 aromatic rings. The second-order valence-electron chi connectivity index (χ2n) is 2.55. The number of carboxylic acid groups (broad SMARTS) is 1. The first-order chi connectivity index (χ1) is 6.36. The van der Waals surface area contributed by atoms with Crippen molar-refractivity contribution >= 4 is 39.9 Å². The van der Waals surface area contributed by atoms with E-state index in [2.05, 4.69) is 11.3 Å². The Kier molecular flexibility index (Phi) is 10.2. The number of hydrogen-bond donors (Lipinski definition) is 1. The van der Waals surface area contributed by atoms with E-state index in [9.17, 15) is 9.59 Å². The van der Waals surface area contributed by atoms with Crippen molar-refractivity contribution in [2.45, 2.75) is 13.8 Å². The fourth-order valence-corrected chi connectivity index (χ4v) is 0.515. The molecule has 0 saturated heterocycles. The number of carboxylic acids is 1. The SMILES string of the molecule is C=C(C)C(=O)O.COC(=O)C(C)=[CH][Na]. The van der Waals surface area contributed by atoms with Crippen LogP contribution >= 0.6 is 0 Å². The molecule has 0 aliphatic heterocycles. The summed E-state index contributed by atoms with van der Waals surface area (Å²) in [7, 11) is 1.39. The molecule has 0 aromatic heterocycles. The predicted octanol–water partition coefficient (Wildman–Crippen LogP) is 0.879. The quantitative estimate of drug-likeness (QED) is 0.415. The molecule has 1 N–H and O–H groups in total. The second-order valence-corrected chi connectivity index (χ2v) is 3.13. The standard InChI is InChI=1S/C5H7O2.C4H6O2.Na/c1-4(2)5(6)7-3;1-3(2)4(5)6;/h1H,2-3H3;1H2,2H3,(H,5,6);. The van der Waals surface area contributed by atoms with Crippen molar-refractivity contribution in [3.63, 3.8) is 0 Å². The van der Waals surface area contributed by atoms with E-state index in [1.807, 2.05) is 3.33 Å². The van der Waals surface area contributed by atoms with Gasteiger partial charge in [0.25, 0.3) is 0 Å². The molecule has 0 rings (SSSR count). The molecule has 0 radical (unpaired) electrons. The molecule has 0 aliphatic rings. The van der Waals surface area contributed by atoms with Crippen molar-refractivity contribution in [1.29, 1.82) is 0 Å². The van der Waals surface area contributed by atoms with Gasteiger partial charge in [-0.05, 0) is 6.92 Å². The van der Waals surface area contributed by atoms with Crippen molar-refractivity contribution < 1.29 is 19.4 Å². The van der Waals surface area contributed by atoms with E-state index in [0.717, 1.165) is 27.9 Å². The summed E-state index contributed by atoms with van der Waals surface area (Å²) in [6, 6.07) is 0. The first-order valence-corrected chi connectivity index (χ1v) is 5.12. The van der Waals surface area contributed by atoms with E-state index in [1.165, 1.54) is 14.0 Å². The molecule has 0 bridgehead atoms. The van der Waals surface area contributed by atoms with Crippen molar-refractivity contribution in [3.05, 3.63) is 21.1 Å². The fraction of sp³-hybridized carbons (Fsp3) is 0.333. The van der Waals surface area contributed by atoms with Crippen LogP contribution in [0.1, 0.15) is 13.8 Å². The summed E-state index contributed by atoms with van der Waals surface area (Å²) >= 11 is 0.912. The molecule has 0 unspecified atom stereocenters. The average Bonchev–Trinajstić information content (AvgIpc) is 2.16. The molecular weight excluding hydrogens is 195 g/mol. The third-order valence-corrected chi connectivity index (χ3v) is 2.17. The third-order valence-electron chi connectivity index (χ3n) is 1.31. The number of aliphatic carboxylic acids is 1. The van der Waals surface area contributed by atoms with Crippen molar-refractivity contribution in [1.82, 2.24) is 0 Å². The van der Waals surface area contributed by atoms with Crippen LogP contribution in [-0.2, 0) is 14.3 Å². The molecular formula is C9H13NaO4. The Bertz CT molecular complexity index is 244. The van der Waals surface area contributed by atoms with Crippen LogP contribution in [0.25, 0.3) is 0 Å². The molecule has 0 fully saturated rings. The van der Waals surface area contributed by atoms with Crippen molar-refractivity contribution in [2.75, 3.05) is 7.11 Å². The van der Waals surface area contributed by atoms with E-state index >= 15 is 0 Å². The molecule has 0 saturated carbocycles. The van der Waals surface area contributed by atoms with Gasteiger partial charge in [0, 0.05) is 5.57 Å². The first-order valence-electron chi connectivity index (χ1n) is 3.96. The van der Waals surface area contributed by atoms with E-state index in [-0.39, 0.29) is 11.5 Å². The zero-order chi connectivity index (χ0) is 11.7. The number of methoxy groups -OCH3 is 1. The Labute approximate surface area is 101 Å². The average molecular weight is 208 g/mol. The van der Waals surface area contributed by atoms with Gasteiger partial charge in [0.1, 0.15) is 0 Å². The van der Waals surface area contributed by atoms with Gasteiger partial charge in [-0.15, -0.1) is 0 Å². The Morgan fingerprint density at radius 1 is 1.43 bits per heavy atom. The number of hydrogen-bond acceptors (Lipinski definition) is 3. The maximum atomic E-state index is 10.5. The Balaban J connectivity index is 0. The minimum atomic E-state index is -0.935. The van der Waals surface area contributed by atoms with Gasteiger partial charge in [-0.3, -0.25) is 0 Å². The van der Waals surface area contributed by atoms with Gasteiger partial charge in [0.2, 0.25) is 0 Å². The van der Waals surface area contributed by atoms with E-state index < -0.39 is 5.97 Å². The summed E-state index contributed by atoms with van der Waals surface area (Å²) in [5.41, 5.74) is 0.883. The predicted molar refractivity (Wildman–Crippen MR) is 54.0 cm³/mol. The molecule has 0 heterocycles. The van der Waals surface area contributed by atoms with Crippen LogP contribution in [0, 0.1) is 0 Å². The molecule has 0 spiro atoms. The topological polar surface area (TPSA) is 63.6 Å². The third kappa shape index (κ3) is 9.51. The Morgan fingerprint density at radius 2 is 1.79 bits per heavy atom. The fourth-order valence-electron chi connectivity index (χ4n) is 0.279. The van der Waals surface area contributed by atoms with Gasteiger partial charge in [-0.2, -0.15) is 0 Å². The summed E-state index contributed by atoms with van der Waals surface area (Å²) in [5, 5.41) is 7.89. The van der Waals surface area contributed by atoms with Crippen LogP contribution in [0.4, 0.5) is 0 Å². The molecule has 5 heteroatoms. The molecule has 0 atom stereocenters. The Hall–Kier alpha value is -0.580. The van der Waals surface area contributed by atoms with Crippen LogP contribution in [0.5, 0.6) is 0 Å². The van der Waals surface area contributed by atoms with Gasteiger partial charge < -0.3 is 5.11 Å². The van der Waals surface area contributed by atoms with Gasteiger partial charge in [0.15, 0.2) is 0 Å². The van der Waals surface area contributed by atoms with Crippen LogP contribution in [0.3, 0.4) is 0 Å². The molecule has 74 valence electrons. The second kappa shape index (κ2) is 8.99. The maximum absolute atomic E-state index is 10.5. The zero-order valence-electron chi connectivity index (χ0n) is 8.96. The molecule has 0 amide bonds. The number of carbonyl (C=O) groups is 2.